The smallest absolute Gasteiger partial charge is 0.264 e. The molecule has 0 radical (unpaired) electrons. The number of aromatic nitrogens is 1. The maximum atomic E-state index is 10.8. The largest absolute Gasteiger partial charge is 0.481 e. The van der Waals surface area contributed by atoms with Gasteiger partial charge in [-0.05, 0) is 22.0 Å². The first-order valence-electron chi connectivity index (χ1n) is 4.46. The number of nitrogens with zero attached hydrogens (tertiary/aromatic N) is 1. The maximum absolute atomic E-state index is 10.8. The molecule has 0 aromatic carbocycles. The predicted octanol–water partition coefficient (Wildman–Crippen LogP) is 1.37. The number of ether oxygens (including phenoxy) is 1. The van der Waals surface area contributed by atoms with Crippen molar-refractivity contribution in [2.45, 2.75) is 6.42 Å². The second-order valence-electron chi connectivity index (χ2n) is 3.06. The topological polar surface area (TPSA) is 65.5 Å². The van der Waals surface area contributed by atoms with Crippen molar-refractivity contribution in [3.63, 3.8) is 0 Å². The minimum absolute atomic E-state index is 0.0671. The molecule has 0 spiro atoms. The molecule has 16 heavy (non-hydrogen) atoms. The van der Waals surface area contributed by atoms with Crippen LogP contribution < -0.4 is 4.74 Å². The van der Waals surface area contributed by atoms with E-state index in [1.54, 1.807) is 12.1 Å². The Labute approximate surface area is 103 Å². The van der Waals surface area contributed by atoms with Gasteiger partial charge in [0.05, 0.1) is 25.7 Å². The molecule has 0 aliphatic heterocycles. The Morgan fingerprint density at radius 2 is 2.12 bits per heavy atom. The molecule has 1 aromatic heterocycles. The highest BCUT2D eigenvalue weighted by Crippen LogP contribution is 2.19. The summed E-state index contributed by atoms with van der Waals surface area (Å²) < 4.78 is 31.9. The van der Waals surface area contributed by atoms with Gasteiger partial charge in [0.2, 0.25) is 5.88 Å². The van der Waals surface area contributed by atoms with Crippen molar-refractivity contribution in [3.05, 3.63) is 22.3 Å². The van der Waals surface area contributed by atoms with Crippen LogP contribution in [0.5, 0.6) is 5.88 Å². The highest BCUT2D eigenvalue weighted by molar-refractivity contribution is 9.10. The Kier molecular flexibility index (Phi) is 4.69. The van der Waals surface area contributed by atoms with Gasteiger partial charge in [0.25, 0.3) is 10.1 Å². The molecule has 0 fully saturated rings. The fourth-order valence-electron chi connectivity index (χ4n) is 1.04. The SMILES string of the molecule is COc1ccc(Br)c(CCOS(C)(=O)=O)n1. The van der Waals surface area contributed by atoms with Gasteiger partial charge in [0, 0.05) is 17.0 Å². The first kappa shape index (κ1) is 13.4. The summed E-state index contributed by atoms with van der Waals surface area (Å²) >= 11 is 3.32. The first-order chi connectivity index (χ1) is 7.42. The van der Waals surface area contributed by atoms with Crippen LogP contribution in [0.4, 0.5) is 0 Å². The molecule has 0 atom stereocenters. The van der Waals surface area contributed by atoms with Crippen molar-refractivity contribution < 1.29 is 17.3 Å². The van der Waals surface area contributed by atoms with Gasteiger partial charge in [-0.3, -0.25) is 4.18 Å². The Bertz CT molecular complexity index is 461. The Balaban J connectivity index is 2.66. The number of halogens is 1. The van der Waals surface area contributed by atoms with E-state index in [0.717, 1.165) is 10.7 Å². The van der Waals surface area contributed by atoms with E-state index in [4.69, 9.17) is 4.74 Å². The van der Waals surface area contributed by atoms with Crippen molar-refractivity contribution in [1.82, 2.24) is 4.98 Å². The van der Waals surface area contributed by atoms with Gasteiger partial charge in [-0.15, -0.1) is 0 Å². The minimum Gasteiger partial charge on any atom is -0.481 e. The molecule has 0 saturated heterocycles. The monoisotopic (exact) mass is 309 g/mol. The molecule has 0 bridgehead atoms. The lowest BCUT2D eigenvalue weighted by molar-refractivity contribution is 0.323. The lowest BCUT2D eigenvalue weighted by Gasteiger charge is -2.05. The van der Waals surface area contributed by atoms with Gasteiger partial charge >= 0.3 is 0 Å². The lowest BCUT2D eigenvalue weighted by atomic mass is 10.3. The number of hydrogen-bond acceptors (Lipinski definition) is 5. The zero-order valence-electron chi connectivity index (χ0n) is 8.94. The number of methoxy groups -OCH3 is 1. The van der Waals surface area contributed by atoms with Crippen LogP contribution in [-0.4, -0.2) is 33.4 Å². The van der Waals surface area contributed by atoms with Gasteiger partial charge in [-0.1, -0.05) is 0 Å². The Morgan fingerprint density at radius 1 is 1.44 bits per heavy atom. The van der Waals surface area contributed by atoms with Crippen LogP contribution in [0.3, 0.4) is 0 Å². The van der Waals surface area contributed by atoms with Gasteiger partial charge in [0.15, 0.2) is 0 Å². The van der Waals surface area contributed by atoms with Gasteiger partial charge < -0.3 is 4.74 Å². The summed E-state index contributed by atoms with van der Waals surface area (Å²) in [5, 5.41) is 0. The van der Waals surface area contributed by atoms with Crippen LogP contribution in [0, 0.1) is 0 Å². The first-order valence-corrected chi connectivity index (χ1v) is 7.07. The highest BCUT2D eigenvalue weighted by Gasteiger charge is 2.06. The number of rotatable bonds is 5. The van der Waals surface area contributed by atoms with Crippen molar-refractivity contribution in [3.8, 4) is 5.88 Å². The van der Waals surface area contributed by atoms with E-state index in [1.165, 1.54) is 7.11 Å². The average molecular weight is 310 g/mol. The molecule has 1 rings (SSSR count). The van der Waals surface area contributed by atoms with Crippen LogP contribution in [0.1, 0.15) is 5.69 Å². The van der Waals surface area contributed by atoms with Gasteiger partial charge in [-0.25, -0.2) is 4.98 Å². The van der Waals surface area contributed by atoms with Crippen molar-refractivity contribution >= 4 is 26.0 Å². The van der Waals surface area contributed by atoms with Crippen LogP contribution >= 0.6 is 15.9 Å². The van der Waals surface area contributed by atoms with E-state index in [1.807, 2.05) is 0 Å². The molecular weight excluding hydrogens is 298 g/mol. The maximum Gasteiger partial charge on any atom is 0.264 e. The Hall–Kier alpha value is -0.660. The van der Waals surface area contributed by atoms with E-state index in [2.05, 4.69) is 25.1 Å². The van der Waals surface area contributed by atoms with E-state index in [-0.39, 0.29) is 6.61 Å². The molecule has 0 amide bonds. The standard InChI is InChI=1S/C9H12BrNO4S/c1-14-9-4-3-7(10)8(11-9)5-6-15-16(2,12)13/h3-4H,5-6H2,1-2H3. The summed E-state index contributed by atoms with van der Waals surface area (Å²) in [5.41, 5.74) is 0.697. The molecule has 1 aromatic rings. The average Bonchev–Trinajstić information content (AvgIpc) is 2.19. The van der Waals surface area contributed by atoms with E-state index < -0.39 is 10.1 Å². The molecule has 90 valence electrons. The van der Waals surface area contributed by atoms with Crippen LogP contribution in [-0.2, 0) is 20.7 Å². The summed E-state index contributed by atoms with van der Waals surface area (Å²) in [6, 6.07) is 3.51. The fraction of sp³-hybridized carbons (Fsp3) is 0.444. The van der Waals surface area contributed by atoms with Crippen molar-refractivity contribution in [2.24, 2.45) is 0 Å². The van der Waals surface area contributed by atoms with Crippen molar-refractivity contribution in [2.75, 3.05) is 20.0 Å². The van der Waals surface area contributed by atoms with Gasteiger partial charge in [0.1, 0.15) is 0 Å². The molecular formula is C9H12BrNO4S. The second-order valence-corrected chi connectivity index (χ2v) is 5.56. The van der Waals surface area contributed by atoms with Crippen molar-refractivity contribution in [1.29, 1.82) is 0 Å². The summed E-state index contributed by atoms with van der Waals surface area (Å²) in [7, 11) is -1.88. The summed E-state index contributed by atoms with van der Waals surface area (Å²) in [6.45, 7) is 0.0671. The fourth-order valence-corrected chi connectivity index (χ4v) is 1.85. The molecule has 0 aliphatic carbocycles. The zero-order chi connectivity index (χ0) is 12.2. The van der Waals surface area contributed by atoms with E-state index in [0.29, 0.717) is 18.0 Å². The van der Waals surface area contributed by atoms with Gasteiger partial charge in [-0.2, -0.15) is 8.42 Å². The van der Waals surface area contributed by atoms with E-state index >= 15 is 0 Å². The summed E-state index contributed by atoms with van der Waals surface area (Å²) in [6.07, 6.45) is 1.41. The summed E-state index contributed by atoms with van der Waals surface area (Å²) in [4.78, 5) is 4.17. The number of hydrogen-bond donors (Lipinski definition) is 0. The second kappa shape index (κ2) is 5.60. The normalized spacial score (nSPS) is 11.4. The molecule has 0 saturated carbocycles. The summed E-state index contributed by atoms with van der Waals surface area (Å²) in [5.74, 6) is 0.484. The Morgan fingerprint density at radius 3 is 2.69 bits per heavy atom. The molecule has 7 heteroatoms. The molecule has 1 heterocycles. The van der Waals surface area contributed by atoms with Crippen LogP contribution in [0.2, 0.25) is 0 Å². The number of pyridine rings is 1. The molecule has 0 unspecified atom stereocenters. The third-order valence-corrected chi connectivity index (χ3v) is 3.06. The lowest BCUT2D eigenvalue weighted by Crippen LogP contribution is -2.07. The highest BCUT2D eigenvalue weighted by atomic mass is 79.9. The molecule has 0 N–H and O–H groups in total. The molecule has 5 nitrogen and oxygen atoms in total. The zero-order valence-corrected chi connectivity index (χ0v) is 11.3. The predicted molar refractivity (Wildman–Crippen MR) is 63.0 cm³/mol. The molecule has 0 aliphatic rings. The van der Waals surface area contributed by atoms with E-state index in [9.17, 15) is 8.42 Å². The quantitative estimate of drug-likeness (QED) is 0.769. The third kappa shape index (κ3) is 4.46. The van der Waals surface area contributed by atoms with Crippen LogP contribution in [0.25, 0.3) is 0 Å². The van der Waals surface area contributed by atoms with Crippen LogP contribution in [0.15, 0.2) is 16.6 Å². The third-order valence-electron chi connectivity index (χ3n) is 1.74. The minimum atomic E-state index is -3.40.